The summed E-state index contributed by atoms with van der Waals surface area (Å²) in [5.41, 5.74) is 2.93. The first-order chi connectivity index (χ1) is 11.4. The van der Waals surface area contributed by atoms with E-state index < -0.39 is 16.1 Å². The van der Waals surface area contributed by atoms with Gasteiger partial charge in [0.2, 0.25) is 0 Å². The maximum atomic E-state index is 12.5. The summed E-state index contributed by atoms with van der Waals surface area (Å²) in [6.07, 6.45) is -0.427. The first-order valence-corrected chi connectivity index (χ1v) is 8.99. The van der Waals surface area contributed by atoms with Crippen molar-refractivity contribution >= 4 is 27.5 Å². The number of rotatable bonds is 4. The average Bonchev–Trinajstić information content (AvgIpc) is 2.96. The Labute approximate surface area is 141 Å². The fraction of sp³-hybridized carbons (Fsp3) is 0.235. The third-order valence-corrected chi connectivity index (χ3v) is 5.34. The Morgan fingerprint density at radius 1 is 1.08 bits per heavy atom. The smallest absolute Gasteiger partial charge is 0.414 e. The summed E-state index contributed by atoms with van der Waals surface area (Å²) in [7, 11) is -3.69. The molecule has 0 spiro atoms. The highest BCUT2D eigenvalue weighted by atomic mass is 32.2. The van der Waals surface area contributed by atoms with E-state index in [-0.39, 0.29) is 4.90 Å². The van der Waals surface area contributed by atoms with E-state index >= 15 is 0 Å². The maximum Gasteiger partial charge on any atom is 0.414 e. The number of cyclic esters (lactones) is 1. The number of ether oxygens (including phenoxy) is 1. The molecule has 1 aliphatic rings. The van der Waals surface area contributed by atoms with E-state index in [4.69, 9.17) is 4.74 Å². The van der Waals surface area contributed by atoms with Crippen molar-refractivity contribution in [2.75, 3.05) is 22.8 Å². The standard InChI is InChI=1S/C17H18N2O4S/c1-12-6-7-16(10-13(12)2)24(21,22)18-14-4-3-5-15(11-14)19-8-9-23-17(19)20/h3-7,10-11,18H,8-9H2,1-2H3. The Hall–Kier alpha value is -2.54. The zero-order valence-corrected chi connectivity index (χ0v) is 14.3. The summed E-state index contributed by atoms with van der Waals surface area (Å²) < 4.78 is 32.5. The summed E-state index contributed by atoms with van der Waals surface area (Å²) in [6.45, 7) is 4.58. The molecule has 126 valence electrons. The number of amides is 1. The number of hydrogen-bond acceptors (Lipinski definition) is 4. The van der Waals surface area contributed by atoms with E-state index in [1.165, 1.54) is 4.90 Å². The van der Waals surface area contributed by atoms with Gasteiger partial charge in [-0.2, -0.15) is 0 Å². The van der Waals surface area contributed by atoms with E-state index in [1.807, 2.05) is 13.8 Å². The van der Waals surface area contributed by atoms with Crippen molar-refractivity contribution in [1.29, 1.82) is 0 Å². The van der Waals surface area contributed by atoms with Gasteiger partial charge in [-0.3, -0.25) is 9.62 Å². The molecule has 0 unspecified atom stereocenters. The lowest BCUT2D eigenvalue weighted by Gasteiger charge is -2.15. The molecule has 1 heterocycles. The van der Waals surface area contributed by atoms with Gasteiger partial charge in [0, 0.05) is 5.69 Å². The van der Waals surface area contributed by atoms with Gasteiger partial charge in [0.15, 0.2) is 0 Å². The van der Waals surface area contributed by atoms with E-state index in [9.17, 15) is 13.2 Å². The summed E-state index contributed by atoms with van der Waals surface area (Å²) in [4.78, 5) is 13.3. The molecule has 24 heavy (non-hydrogen) atoms. The molecule has 1 N–H and O–H groups in total. The Balaban J connectivity index is 1.87. The highest BCUT2D eigenvalue weighted by Crippen LogP contribution is 2.24. The molecule has 6 nitrogen and oxygen atoms in total. The molecule has 2 aromatic carbocycles. The van der Waals surface area contributed by atoms with Gasteiger partial charge >= 0.3 is 6.09 Å². The van der Waals surface area contributed by atoms with Crippen LogP contribution in [0.1, 0.15) is 11.1 Å². The second kappa shape index (κ2) is 6.16. The number of hydrogen-bond donors (Lipinski definition) is 1. The highest BCUT2D eigenvalue weighted by molar-refractivity contribution is 7.92. The topological polar surface area (TPSA) is 75.7 Å². The van der Waals surface area contributed by atoms with E-state index in [0.717, 1.165) is 11.1 Å². The summed E-state index contributed by atoms with van der Waals surface area (Å²) in [5, 5.41) is 0. The minimum absolute atomic E-state index is 0.205. The van der Waals surface area contributed by atoms with Crippen LogP contribution < -0.4 is 9.62 Å². The number of nitrogens with zero attached hydrogens (tertiary/aromatic N) is 1. The van der Waals surface area contributed by atoms with Crippen LogP contribution in [0.3, 0.4) is 0 Å². The summed E-state index contributed by atoms with van der Waals surface area (Å²) >= 11 is 0. The molecule has 0 aliphatic carbocycles. The molecular formula is C17H18N2O4S. The summed E-state index contributed by atoms with van der Waals surface area (Å²) in [6, 6.07) is 11.7. The SMILES string of the molecule is Cc1ccc(S(=O)(=O)Nc2cccc(N3CCOC3=O)c2)cc1C. The predicted molar refractivity (Wildman–Crippen MR) is 91.9 cm³/mol. The van der Waals surface area contributed by atoms with Crippen molar-refractivity contribution in [3.05, 3.63) is 53.6 Å². The highest BCUT2D eigenvalue weighted by Gasteiger charge is 2.24. The quantitative estimate of drug-likeness (QED) is 0.923. The van der Waals surface area contributed by atoms with Crippen LogP contribution in [0.4, 0.5) is 16.2 Å². The molecule has 0 saturated carbocycles. The van der Waals surface area contributed by atoms with Crippen LogP contribution in [0.2, 0.25) is 0 Å². The van der Waals surface area contributed by atoms with Crippen molar-refractivity contribution in [3.63, 3.8) is 0 Å². The molecule has 1 fully saturated rings. The molecule has 0 aromatic heterocycles. The van der Waals surface area contributed by atoms with Crippen molar-refractivity contribution in [3.8, 4) is 0 Å². The van der Waals surface area contributed by atoms with Crippen molar-refractivity contribution in [2.45, 2.75) is 18.7 Å². The normalized spacial score (nSPS) is 14.6. The van der Waals surface area contributed by atoms with Crippen molar-refractivity contribution in [1.82, 2.24) is 0 Å². The van der Waals surface area contributed by atoms with Gasteiger partial charge in [0.1, 0.15) is 6.61 Å². The van der Waals surface area contributed by atoms with E-state index in [0.29, 0.717) is 24.5 Å². The Bertz CT molecular complexity index is 893. The van der Waals surface area contributed by atoms with Crippen LogP contribution in [-0.4, -0.2) is 27.7 Å². The lowest BCUT2D eigenvalue weighted by molar-refractivity contribution is 0.181. The van der Waals surface area contributed by atoms with E-state index in [2.05, 4.69) is 4.72 Å². The van der Waals surface area contributed by atoms with Crippen LogP contribution in [0.5, 0.6) is 0 Å². The summed E-state index contributed by atoms with van der Waals surface area (Å²) in [5.74, 6) is 0. The van der Waals surface area contributed by atoms with Gasteiger partial charge in [0.05, 0.1) is 17.1 Å². The zero-order valence-electron chi connectivity index (χ0n) is 13.4. The third-order valence-electron chi connectivity index (χ3n) is 3.96. The van der Waals surface area contributed by atoms with Gasteiger partial charge < -0.3 is 4.74 Å². The lowest BCUT2D eigenvalue weighted by atomic mass is 10.1. The number of sulfonamides is 1. The number of benzene rings is 2. The molecule has 0 atom stereocenters. The van der Waals surface area contributed by atoms with Crippen LogP contribution in [-0.2, 0) is 14.8 Å². The van der Waals surface area contributed by atoms with E-state index in [1.54, 1.807) is 42.5 Å². The van der Waals surface area contributed by atoms with Gasteiger partial charge in [-0.1, -0.05) is 12.1 Å². The van der Waals surface area contributed by atoms with Crippen molar-refractivity contribution in [2.24, 2.45) is 0 Å². The minimum atomic E-state index is -3.69. The van der Waals surface area contributed by atoms with Gasteiger partial charge in [-0.25, -0.2) is 13.2 Å². The van der Waals surface area contributed by atoms with Crippen molar-refractivity contribution < 1.29 is 17.9 Å². The molecule has 2 aromatic rings. The fourth-order valence-corrected chi connectivity index (χ4v) is 3.59. The predicted octanol–water partition coefficient (Wildman–Crippen LogP) is 3.06. The maximum absolute atomic E-state index is 12.5. The number of anilines is 2. The number of carbonyl (C=O) groups excluding carboxylic acids is 1. The second-order valence-corrected chi connectivity index (χ2v) is 7.35. The second-order valence-electron chi connectivity index (χ2n) is 5.67. The van der Waals surface area contributed by atoms with Crippen LogP contribution >= 0.6 is 0 Å². The molecule has 1 aliphatic heterocycles. The monoisotopic (exact) mass is 346 g/mol. The molecule has 0 radical (unpaired) electrons. The number of carbonyl (C=O) groups is 1. The minimum Gasteiger partial charge on any atom is -0.447 e. The van der Waals surface area contributed by atoms with Gasteiger partial charge in [-0.15, -0.1) is 0 Å². The molecule has 3 rings (SSSR count). The largest absolute Gasteiger partial charge is 0.447 e. The van der Waals surface area contributed by atoms with Crippen LogP contribution in [0.15, 0.2) is 47.4 Å². The van der Waals surface area contributed by atoms with Gasteiger partial charge in [-0.05, 0) is 55.3 Å². The third kappa shape index (κ3) is 3.21. The first kappa shape index (κ1) is 16.3. The molecule has 1 amide bonds. The molecule has 1 saturated heterocycles. The Morgan fingerprint density at radius 3 is 2.54 bits per heavy atom. The number of aryl methyl sites for hydroxylation is 2. The van der Waals surface area contributed by atoms with Crippen LogP contribution in [0.25, 0.3) is 0 Å². The average molecular weight is 346 g/mol. The lowest BCUT2D eigenvalue weighted by Crippen LogP contribution is -2.23. The number of nitrogens with one attached hydrogen (secondary N) is 1. The Morgan fingerprint density at radius 2 is 1.88 bits per heavy atom. The first-order valence-electron chi connectivity index (χ1n) is 7.51. The Kier molecular flexibility index (Phi) is 4.19. The fourth-order valence-electron chi connectivity index (χ4n) is 2.46. The molecule has 0 bridgehead atoms. The zero-order chi connectivity index (χ0) is 17.3. The van der Waals surface area contributed by atoms with Gasteiger partial charge in [0.25, 0.3) is 10.0 Å². The molecule has 7 heteroatoms. The van der Waals surface area contributed by atoms with Crippen LogP contribution in [0, 0.1) is 13.8 Å². The molecular weight excluding hydrogens is 328 g/mol.